The van der Waals surface area contributed by atoms with Crippen molar-refractivity contribution >= 4 is 11.6 Å². The van der Waals surface area contributed by atoms with Crippen LogP contribution in [0.25, 0.3) is 0 Å². The molecule has 5 heteroatoms. The second-order valence-electron chi connectivity index (χ2n) is 3.04. The van der Waals surface area contributed by atoms with Gasteiger partial charge in [-0.2, -0.15) is 0 Å². The zero-order valence-electron chi connectivity index (χ0n) is 8.89. The van der Waals surface area contributed by atoms with Gasteiger partial charge in [0.05, 0.1) is 6.61 Å². The Morgan fingerprint density at radius 1 is 1.53 bits per heavy atom. The molecule has 82 valence electrons. The third-order valence-electron chi connectivity index (χ3n) is 1.91. The molecular formula is C10H16N4O. The van der Waals surface area contributed by atoms with E-state index in [9.17, 15) is 0 Å². The van der Waals surface area contributed by atoms with Crippen LogP contribution in [0.3, 0.4) is 0 Å². The van der Waals surface area contributed by atoms with Crippen molar-refractivity contribution in [2.45, 2.75) is 0 Å². The molecule has 0 radical (unpaired) electrons. The second-order valence-corrected chi connectivity index (χ2v) is 3.04. The molecule has 0 amide bonds. The Balaban J connectivity index is 2.69. The van der Waals surface area contributed by atoms with Crippen LogP contribution in [0.2, 0.25) is 0 Å². The molecule has 2 N–H and O–H groups in total. The normalized spacial score (nSPS) is 9.93. The van der Waals surface area contributed by atoms with E-state index in [0.717, 1.165) is 12.4 Å². The molecule has 0 atom stereocenters. The summed E-state index contributed by atoms with van der Waals surface area (Å²) in [4.78, 5) is 2.02. The summed E-state index contributed by atoms with van der Waals surface area (Å²) >= 11 is 0. The minimum Gasteiger partial charge on any atom is -0.383 e. The number of anilines is 2. The Morgan fingerprint density at radius 3 is 2.87 bits per heavy atom. The first-order valence-corrected chi connectivity index (χ1v) is 4.72. The first-order chi connectivity index (χ1) is 7.27. The van der Waals surface area contributed by atoms with E-state index in [4.69, 9.17) is 10.5 Å². The number of nitrogens with zero attached hydrogens (tertiary/aromatic N) is 3. The summed E-state index contributed by atoms with van der Waals surface area (Å²) in [5, 5.41) is 7.80. The molecule has 0 aliphatic heterocycles. The fraction of sp³-hybridized carbons (Fsp3) is 0.400. The molecule has 1 rings (SSSR count). The van der Waals surface area contributed by atoms with Gasteiger partial charge in [-0.3, -0.25) is 0 Å². The molecule has 0 aliphatic carbocycles. The molecule has 0 aliphatic rings. The summed E-state index contributed by atoms with van der Waals surface area (Å²) in [6, 6.07) is 3.56. The number of hydrogen-bond acceptors (Lipinski definition) is 5. The largest absolute Gasteiger partial charge is 0.383 e. The molecule has 0 aromatic carbocycles. The van der Waals surface area contributed by atoms with Gasteiger partial charge in [-0.25, -0.2) is 0 Å². The lowest BCUT2D eigenvalue weighted by Crippen LogP contribution is -2.28. The molecule has 1 heterocycles. The Hall–Kier alpha value is -1.62. The topological polar surface area (TPSA) is 64.3 Å². The zero-order valence-corrected chi connectivity index (χ0v) is 8.89. The number of nitrogens with two attached hydrogens (primary N) is 1. The molecule has 0 saturated carbocycles. The van der Waals surface area contributed by atoms with Crippen LogP contribution in [-0.4, -0.2) is 37.0 Å². The fourth-order valence-corrected chi connectivity index (χ4v) is 1.16. The Morgan fingerprint density at radius 2 is 2.33 bits per heavy atom. The van der Waals surface area contributed by atoms with Gasteiger partial charge < -0.3 is 15.4 Å². The first-order valence-electron chi connectivity index (χ1n) is 4.72. The summed E-state index contributed by atoms with van der Waals surface area (Å²) in [5.74, 6) is 1.20. The maximum Gasteiger partial charge on any atom is 0.151 e. The van der Waals surface area contributed by atoms with Gasteiger partial charge in [0.25, 0.3) is 0 Å². The molecular weight excluding hydrogens is 192 g/mol. The van der Waals surface area contributed by atoms with Crippen LogP contribution in [0.4, 0.5) is 11.6 Å². The molecule has 0 unspecified atom stereocenters. The summed E-state index contributed by atoms with van der Waals surface area (Å²) in [5.41, 5.74) is 5.46. The summed E-state index contributed by atoms with van der Waals surface area (Å²) < 4.78 is 5.02. The average molecular weight is 208 g/mol. The van der Waals surface area contributed by atoms with Crippen molar-refractivity contribution in [2.24, 2.45) is 0 Å². The third kappa shape index (κ3) is 3.55. The summed E-state index contributed by atoms with van der Waals surface area (Å²) in [6.07, 6.45) is 1.81. The van der Waals surface area contributed by atoms with Crippen molar-refractivity contribution in [2.75, 3.05) is 37.4 Å². The molecule has 0 bridgehead atoms. The third-order valence-corrected chi connectivity index (χ3v) is 1.91. The van der Waals surface area contributed by atoms with Crippen LogP contribution < -0.4 is 10.6 Å². The lowest BCUT2D eigenvalue weighted by Gasteiger charge is -2.20. The van der Waals surface area contributed by atoms with Crippen LogP contribution >= 0.6 is 0 Å². The van der Waals surface area contributed by atoms with Crippen LogP contribution in [0, 0.1) is 0 Å². The smallest absolute Gasteiger partial charge is 0.151 e. The lowest BCUT2D eigenvalue weighted by molar-refractivity contribution is 0.205. The van der Waals surface area contributed by atoms with Gasteiger partial charge in [0.2, 0.25) is 0 Å². The molecule has 1 aromatic heterocycles. The van der Waals surface area contributed by atoms with Crippen molar-refractivity contribution in [3.8, 4) is 0 Å². The van der Waals surface area contributed by atoms with Crippen LogP contribution in [0.1, 0.15) is 0 Å². The second kappa shape index (κ2) is 5.98. The van der Waals surface area contributed by atoms with Crippen LogP contribution in [0.15, 0.2) is 24.8 Å². The van der Waals surface area contributed by atoms with Crippen molar-refractivity contribution in [3.63, 3.8) is 0 Å². The number of nitrogen functional groups attached to an aromatic ring is 1. The van der Waals surface area contributed by atoms with Gasteiger partial charge in [-0.05, 0) is 12.1 Å². The van der Waals surface area contributed by atoms with E-state index in [0.29, 0.717) is 19.0 Å². The van der Waals surface area contributed by atoms with E-state index in [1.807, 2.05) is 17.0 Å². The molecule has 5 nitrogen and oxygen atoms in total. The fourth-order valence-electron chi connectivity index (χ4n) is 1.16. The van der Waals surface area contributed by atoms with E-state index < -0.39 is 0 Å². The maximum absolute atomic E-state index is 5.46. The molecule has 1 aromatic rings. The predicted octanol–water partition coefficient (Wildman–Crippen LogP) is 0.698. The highest BCUT2D eigenvalue weighted by molar-refractivity contribution is 5.41. The molecule has 0 spiro atoms. The number of hydrogen-bond donors (Lipinski definition) is 1. The summed E-state index contributed by atoms with van der Waals surface area (Å²) in [7, 11) is 1.67. The minimum absolute atomic E-state index is 0.420. The monoisotopic (exact) mass is 208 g/mol. The average Bonchev–Trinajstić information content (AvgIpc) is 2.25. The number of ether oxygens (including phenoxy) is 1. The van der Waals surface area contributed by atoms with Crippen molar-refractivity contribution in [3.05, 3.63) is 24.8 Å². The van der Waals surface area contributed by atoms with E-state index >= 15 is 0 Å². The Bertz CT molecular complexity index is 299. The SMILES string of the molecule is C=CCN(CCOC)c1ccc(N)nn1. The van der Waals surface area contributed by atoms with Crippen molar-refractivity contribution < 1.29 is 4.74 Å². The standard InChI is InChI=1S/C10H16N4O/c1-3-6-14(7-8-15-2)10-5-4-9(11)12-13-10/h3-5H,1,6-8H2,2H3,(H2,11,12). The van der Waals surface area contributed by atoms with Crippen LogP contribution in [0.5, 0.6) is 0 Å². The van der Waals surface area contributed by atoms with Crippen molar-refractivity contribution in [1.82, 2.24) is 10.2 Å². The highest BCUT2D eigenvalue weighted by Crippen LogP contribution is 2.09. The van der Waals surface area contributed by atoms with E-state index in [1.54, 1.807) is 13.2 Å². The van der Waals surface area contributed by atoms with Crippen molar-refractivity contribution in [1.29, 1.82) is 0 Å². The Labute approximate surface area is 89.6 Å². The van der Waals surface area contributed by atoms with Gasteiger partial charge >= 0.3 is 0 Å². The molecule has 0 fully saturated rings. The highest BCUT2D eigenvalue weighted by Gasteiger charge is 2.05. The quantitative estimate of drug-likeness (QED) is 0.697. The van der Waals surface area contributed by atoms with Gasteiger partial charge in [-0.1, -0.05) is 6.08 Å². The zero-order chi connectivity index (χ0) is 11.1. The van der Waals surface area contributed by atoms with E-state index in [1.165, 1.54) is 0 Å². The van der Waals surface area contributed by atoms with Gasteiger partial charge in [0.15, 0.2) is 5.82 Å². The minimum atomic E-state index is 0.420. The maximum atomic E-state index is 5.46. The highest BCUT2D eigenvalue weighted by atomic mass is 16.5. The predicted molar refractivity (Wildman–Crippen MR) is 60.7 cm³/mol. The number of methoxy groups -OCH3 is 1. The van der Waals surface area contributed by atoms with E-state index in [-0.39, 0.29) is 0 Å². The van der Waals surface area contributed by atoms with Gasteiger partial charge in [0, 0.05) is 20.2 Å². The lowest BCUT2D eigenvalue weighted by atomic mass is 10.4. The number of aromatic nitrogens is 2. The molecule has 15 heavy (non-hydrogen) atoms. The van der Waals surface area contributed by atoms with Crippen LogP contribution in [-0.2, 0) is 4.74 Å². The number of rotatable bonds is 6. The molecule has 0 saturated heterocycles. The van der Waals surface area contributed by atoms with E-state index in [2.05, 4.69) is 16.8 Å². The first kappa shape index (κ1) is 11.5. The summed E-state index contributed by atoms with van der Waals surface area (Å²) in [6.45, 7) is 5.80. The Kier molecular flexibility index (Phi) is 4.56. The van der Waals surface area contributed by atoms with Gasteiger partial charge in [-0.15, -0.1) is 16.8 Å². The van der Waals surface area contributed by atoms with Gasteiger partial charge in [0.1, 0.15) is 5.82 Å².